The molecule has 1 aromatic carbocycles. The maximum absolute atomic E-state index is 11.2. The van der Waals surface area contributed by atoms with Crippen molar-refractivity contribution in [2.45, 2.75) is 32.9 Å². The fourth-order valence-corrected chi connectivity index (χ4v) is 2.27. The summed E-state index contributed by atoms with van der Waals surface area (Å²) in [5.41, 5.74) is 2.36. The molecule has 0 saturated carbocycles. The van der Waals surface area contributed by atoms with Crippen molar-refractivity contribution < 1.29 is 8.42 Å². The van der Waals surface area contributed by atoms with Crippen LogP contribution in [0.4, 0.5) is 5.69 Å². The van der Waals surface area contributed by atoms with Gasteiger partial charge >= 0.3 is 0 Å². The average Bonchev–Trinajstić information content (AvgIpc) is 2.32. The van der Waals surface area contributed by atoms with E-state index in [-0.39, 0.29) is 11.3 Å². The lowest BCUT2D eigenvalue weighted by Gasteiger charge is -2.22. The Morgan fingerprint density at radius 1 is 1.15 bits per heavy atom. The van der Waals surface area contributed by atoms with E-state index in [1.54, 1.807) is 0 Å². The molecule has 114 valence electrons. The van der Waals surface area contributed by atoms with E-state index in [4.69, 9.17) is 0 Å². The zero-order chi connectivity index (χ0) is 15.4. The van der Waals surface area contributed by atoms with Crippen molar-refractivity contribution in [2.24, 2.45) is 0 Å². The van der Waals surface area contributed by atoms with Crippen LogP contribution in [0.5, 0.6) is 0 Å². The van der Waals surface area contributed by atoms with Crippen molar-refractivity contribution >= 4 is 15.5 Å². The molecule has 0 aromatic heterocycles. The minimum Gasteiger partial charge on any atom is -0.374 e. The Labute approximate surface area is 123 Å². The second kappa shape index (κ2) is 6.59. The van der Waals surface area contributed by atoms with E-state index in [9.17, 15) is 8.42 Å². The molecular weight excluding hydrogens is 272 g/mol. The lowest BCUT2D eigenvalue weighted by molar-refractivity contribution is 0.424. The summed E-state index contributed by atoms with van der Waals surface area (Å²) in [6, 6.07) is 8.21. The van der Waals surface area contributed by atoms with Crippen LogP contribution in [0.1, 0.15) is 26.3 Å². The monoisotopic (exact) mass is 298 g/mol. The SMILES string of the molecule is CN(CCS(C)(=O)=O)c1ccc(CNC(C)(C)C)cc1. The van der Waals surface area contributed by atoms with Crippen LogP contribution in [0.2, 0.25) is 0 Å². The largest absolute Gasteiger partial charge is 0.374 e. The first-order valence-corrected chi connectivity index (χ1v) is 8.86. The zero-order valence-electron chi connectivity index (χ0n) is 13.1. The van der Waals surface area contributed by atoms with E-state index in [0.29, 0.717) is 6.54 Å². The van der Waals surface area contributed by atoms with Gasteiger partial charge in [-0.3, -0.25) is 0 Å². The zero-order valence-corrected chi connectivity index (χ0v) is 13.9. The summed E-state index contributed by atoms with van der Waals surface area (Å²) in [6.07, 6.45) is 1.27. The van der Waals surface area contributed by atoms with Crippen molar-refractivity contribution in [1.29, 1.82) is 0 Å². The van der Waals surface area contributed by atoms with Gasteiger partial charge in [-0.1, -0.05) is 12.1 Å². The third kappa shape index (κ3) is 6.91. The summed E-state index contributed by atoms with van der Waals surface area (Å²) in [6.45, 7) is 7.76. The lowest BCUT2D eigenvalue weighted by atomic mass is 10.1. The van der Waals surface area contributed by atoms with Crippen LogP contribution in [0.3, 0.4) is 0 Å². The van der Waals surface area contributed by atoms with E-state index in [2.05, 4.69) is 38.2 Å². The van der Waals surface area contributed by atoms with Gasteiger partial charge in [0.15, 0.2) is 0 Å². The normalized spacial score (nSPS) is 12.4. The lowest BCUT2D eigenvalue weighted by Crippen LogP contribution is -2.35. The van der Waals surface area contributed by atoms with Gasteiger partial charge < -0.3 is 10.2 Å². The van der Waals surface area contributed by atoms with Crippen LogP contribution in [0, 0.1) is 0 Å². The van der Waals surface area contributed by atoms with E-state index >= 15 is 0 Å². The van der Waals surface area contributed by atoms with Gasteiger partial charge in [0.25, 0.3) is 0 Å². The smallest absolute Gasteiger partial charge is 0.149 e. The van der Waals surface area contributed by atoms with Gasteiger partial charge in [-0.05, 0) is 38.5 Å². The molecule has 0 aliphatic carbocycles. The molecule has 0 atom stereocenters. The van der Waals surface area contributed by atoms with E-state index < -0.39 is 9.84 Å². The van der Waals surface area contributed by atoms with Gasteiger partial charge in [-0.2, -0.15) is 0 Å². The number of nitrogens with one attached hydrogen (secondary N) is 1. The maximum atomic E-state index is 11.2. The minimum atomic E-state index is -2.91. The second-order valence-electron chi connectivity index (χ2n) is 6.32. The highest BCUT2D eigenvalue weighted by Gasteiger charge is 2.09. The Balaban J connectivity index is 2.57. The van der Waals surface area contributed by atoms with Gasteiger partial charge in [0.05, 0.1) is 5.75 Å². The Morgan fingerprint density at radius 3 is 2.15 bits per heavy atom. The Hall–Kier alpha value is -1.07. The van der Waals surface area contributed by atoms with Crippen molar-refractivity contribution in [3.8, 4) is 0 Å². The van der Waals surface area contributed by atoms with Crippen molar-refractivity contribution in [3.63, 3.8) is 0 Å². The molecule has 1 aromatic rings. The first-order valence-electron chi connectivity index (χ1n) is 6.80. The molecule has 0 unspecified atom stereocenters. The molecule has 0 saturated heterocycles. The molecule has 0 aliphatic heterocycles. The van der Waals surface area contributed by atoms with Crippen LogP contribution in [-0.4, -0.2) is 39.6 Å². The molecule has 0 fully saturated rings. The Bertz CT molecular complexity index is 516. The number of nitrogens with zero attached hydrogens (tertiary/aromatic N) is 1. The number of hydrogen-bond donors (Lipinski definition) is 1. The second-order valence-corrected chi connectivity index (χ2v) is 8.58. The van der Waals surface area contributed by atoms with Gasteiger partial charge in [-0.15, -0.1) is 0 Å². The molecule has 20 heavy (non-hydrogen) atoms. The van der Waals surface area contributed by atoms with E-state index in [1.165, 1.54) is 11.8 Å². The maximum Gasteiger partial charge on any atom is 0.149 e. The fourth-order valence-electron chi connectivity index (χ4n) is 1.67. The first kappa shape index (κ1) is 17.0. The Morgan fingerprint density at radius 2 is 1.70 bits per heavy atom. The highest BCUT2D eigenvalue weighted by Crippen LogP contribution is 2.14. The van der Waals surface area contributed by atoms with E-state index in [1.807, 2.05) is 24.1 Å². The summed E-state index contributed by atoms with van der Waals surface area (Å²) >= 11 is 0. The number of sulfone groups is 1. The molecule has 1 N–H and O–H groups in total. The molecule has 0 bridgehead atoms. The van der Waals surface area contributed by atoms with Crippen LogP contribution in [0.15, 0.2) is 24.3 Å². The average molecular weight is 298 g/mol. The Kier molecular flexibility index (Phi) is 5.59. The van der Waals surface area contributed by atoms with Crippen molar-refractivity contribution in [1.82, 2.24) is 5.32 Å². The van der Waals surface area contributed by atoms with Crippen molar-refractivity contribution in [2.75, 3.05) is 30.5 Å². The molecule has 0 amide bonds. The highest BCUT2D eigenvalue weighted by molar-refractivity contribution is 7.90. The summed E-state index contributed by atoms with van der Waals surface area (Å²) in [7, 11) is -1.00. The standard InChI is InChI=1S/C15H26N2O2S/c1-15(2,3)16-12-13-6-8-14(9-7-13)17(4)10-11-20(5,18)19/h6-9,16H,10-12H2,1-5H3. The molecule has 1 rings (SSSR count). The predicted molar refractivity (Wildman–Crippen MR) is 86.0 cm³/mol. The van der Waals surface area contributed by atoms with Gasteiger partial charge in [0.2, 0.25) is 0 Å². The molecule has 0 aliphatic rings. The van der Waals surface area contributed by atoms with Crippen LogP contribution in [0.25, 0.3) is 0 Å². The molecule has 5 heteroatoms. The number of benzene rings is 1. The summed E-state index contributed by atoms with van der Waals surface area (Å²) < 4.78 is 22.3. The molecule has 0 spiro atoms. The molecule has 0 radical (unpaired) electrons. The third-order valence-corrected chi connectivity index (χ3v) is 3.92. The summed E-state index contributed by atoms with van der Waals surface area (Å²) in [5.74, 6) is 0.177. The van der Waals surface area contributed by atoms with Crippen LogP contribution < -0.4 is 10.2 Å². The molecule has 0 heterocycles. The molecular formula is C15H26N2O2S. The third-order valence-electron chi connectivity index (χ3n) is 3.00. The molecule has 4 nitrogen and oxygen atoms in total. The summed E-state index contributed by atoms with van der Waals surface area (Å²) in [5, 5.41) is 3.44. The highest BCUT2D eigenvalue weighted by atomic mass is 32.2. The van der Waals surface area contributed by atoms with Crippen LogP contribution >= 0.6 is 0 Å². The quantitative estimate of drug-likeness (QED) is 0.873. The van der Waals surface area contributed by atoms with Gasteiger partial charge in [0.1, 0.15) is 9.84 Å². The summed E-state index contributed by atoms with van der Waals surface area (Å²) in [4.78, 5) is 1.96. The predicted octanol–water partition coefficient (Wildman–Crippen LogP) is 2.06. The van der Waals surface area contributed by atoms with Gasteiger partial charge in [-0.25, -0.2) is 8.42 Å². The number of hydrogen-bond acceptors (Lipinski definition) is 4. The first-order chi connectivity index (χ1) is 9.07. The number of anilines is 1. The fraction of sp³-hybridized carbons (Fsp3) is 0.600. The topological polar surface area (TPSA) is 49.4 Å². The van der Waals surface area contributed by atoms with Crippen molar-refractivity contribution in [3.05, 3.63) is 29.8 Å². The number of rotatable bonds is 6. The minimum absolute atomic E-state index is 0.102. The van der Waals surface area contributed by atoms with Crippen LogP contribution in [-0.2, 0) is 16.4 Å². The van der Waals surface area contributed by atoms with Gasteiger partial charge in [0, 0.05) is 37.6 Å². The van der Waals surface area contributed by atoms with E-state index in [0.717, 1.165) is 12.2 Å².